The highest BCUT2D eigenvalue weighted by Gasteiger charge is 2.16. The molecule has 1 aromatic heterocycles. The lowest BCUT2D eigenvalue weighted by molar-refractivity contribution is 0.395. The first kappa shape index (κ1) is 24.7. The molecule has 0 bridgehead atoms. The van der Waals surface area contributed by atoms with E-state index >= 15 is 0 Å². The lowest BCUT2D eigenvalue weighted by Gasteiger charge is -2.09. The van der Waals surface area contributed by atoms with Gasteiger partial charge in [-0.2, -0.15) is 0 Å². The predicted octanol–water partition coefficient (Wildman–Crippen LogP) is 4.54. The molecule has 0 atom stereocenters. The summed E-state index contributed by atoms with van der Waals surface area (Å²) in [4.78, 5) is 5.14. The molecule has 0 spiro atoms. The first-order valence-corrected chi connectivity index (χ1v) is 11.3. The van der Waals surface area contributed by atoms with E-state index in [0.29, 0.717) is 32.6 Å². The van der Waals surface area contributed by atoms with E-state index in [0.717, 1.165) is 5.69 Å². The predicted molar refractivity (Wildman–Crippen MR) is 125 cm³/mol. The fourth-order valence-electron chi connectivity index (χ4n) is 2.65. The van der Waals surface area contributed by atoms with E-state index in [1.165, 1.54) is 37.7 Å². The van der Waals surface area contributed by atoms with Crippen LogP contribution in [0.5, 0.6) is 11.5 Å². The Balaban J connectivity index is 0.00000320. The van der Waals surface area contributed by atoms with Crippen LogP contribution in [0.2, 0.25) is 10.0 Å². The van der Waals surface area contributed by atoms with Crippen molar-refractivity contribution in [3.63, 3.8) is 0 Å². The van der Waals surface area contributed by atoms with Crippen molar-refractivity contribution in [1.82, 2.24) is 4.57 Å². The molecule has 2 aromatic carbocycles. The topological polar surface area (TPSA) is 95.9 Å². The van der Waals surface area contributed by atoms with Crippen LogP contribution in [0.1, 0.15) is 0 Å². The van der Waals surface area contributed by atoms with Crippen LogP contribution >= 0.6 is 51.5 Å². The van der Waals surface area contributed by atoms with Crippen LogP contribution in [0.3, 0.4) is 0 Å². The number of methoxy groups -OCH3 is 2. The summed E-state index contributed by atoms with van der Waals surface area (Å²) in [5, 5.41) is 7.57. The van der Waals surface area contributed by atoms with Crippen LogP contribution in [-0.4, -0.2) is 27.2 Å². The molecule has 12 heteroatoms. The average molecular weight is 555 g/mol. The summed E-state index contributed by atoms with van der Waals surface area (Å²) in [5.41, 5.74) is 1.91. The Morgan fingerprint density at radius 3 is 2.33 bits per heavy atom. The SMILES string of the molecule is Br.COc1cc(OC)c(/N=c2/scc(-c3ccc(Cl)c(S(N)(=O)=O)c3)n2C)cc1Cl. The molecule has 1 heterocycles. The molecule has 0 unspecified atom stereocenters. The molecule has 0 aliphatic heterocycles. The van der Waals surface area contributed by atoms with Gasteiger partial charge in [-0.05, 0) is 18.2 Å². The first-order valence-electron chi connectivity index (χ1n) is 8.09. The summed E-state index contributed by atoms with van der Waals surface area (Å²) in [5.74, 6) is 0.986. The molecular formula is C18H18BrCl2N3O4S2. The minimum atomic E-state index is -3.94. The maximum Gasteiger partial charge on any atom is 0.239 e. The molecule has 0 amide bonds. The molecule has 0 saturated heterocycles. The van der Waals surface area contributed by atoms with Gasteiger partial charge in [-0.3, -0.25) is 0 Å². The molecule has 3 aromatic rings. The van der Waals surface area contributed by atoms with Gasteiger partial charge in [-0.25, -0.2) is 18.5 Å². The quantitative estimate of drug-likeness (QED) is 0.501. The van der Waals surface area contributed by atoms with Gasteiger partial charge < -0.3 is 14.0 Å². The number of nitrogens with zero attached hydrogens (tertiary/aromatic N) is 2. The Kier molecular flexibility index (Phi) is 8.00. The second-order valence-corrected chi connectivity index (χ2v) is 9.10. The van der Waals surface area contributed by atoms with Crippen LogP contribution < -0.4 is 19.4 Å². The van der Waals surface area contributed by atoms with Gasteiger partial charge in [0.15, 0.2) is 4.80 Å². The van der Waals surface area contributed by atoms with Gasteiger partial charge in [0.2, 0.25) is 10.0 Å². The van der Waals surface area contributed by atoms with E-state index in [-0.39, 0.29) is 26.9 Å². The molecule has 0 radical (unpaired) electrons. The highest BCUT2D eigenvalue weighted by molar-refractivity contribution is 8.93. The Morgan fingerprint density at radius 2 is 1.73 bits per heavy atom. The van der Waals surface area contributed by atoms with E-state index in [1.807, 2.05) is 17.0 Å². The Morgan fingerprint density at radius 1 is 1.07 bits per heavy atom. The van der Waals surface area contributed by atoms with Gasteiger partial charge in [-0.15, -0.1) is 28.3 Å². The van der Waals surface area contributed by atoms with Crippen molar-refractivity contribution in [2.24, 2.45) is 17.2 Å². The minimum Gasteiger partial charge on any atom is -0.495 e. The van der Waals surface area contributed by atoms with Crippen LogP contribution in [0, 0.1) is 0 Å². The van der Waals surface area contributed by atoms with Crippen molar-refractivity contribution in [2.75, 3.05) is 14.2 Å². The number of ether oxygens (including phenoxy) is 2. The van der Waals surface area contributed by atoms with E-state index in [9.17, 15) is 8.42 Å². The van der Waals surface area contributed by atoms with Crippen molar-refractivity contribution >= 4 is 67.2 Å². The van der Waals surface area contributed by atoms with Crippen LogP contribution in [0.4, 0.5) is 5.69 Å². The fraction of sp³-hybridized carbons (Fsp3) is 0.167. The summed E-state index contributed by atoms with van der Waals surface area (Å²) < 4.78 is 35.9. The molecule has 162 valence electrons. The summed E-state index contributed by atoms with van der Waals surface area (Å²) in [7, 11) is 0.920. The number of thiazole rings is 1. The lowest BCUT2D eigenvalue weighted by Crippen LogP contribution is -2.14. The highest BCUT2D eigenvalue weighted by Crippen LogP contribution is 2.37. The van der Waals surface area contributed by atoms with E-state index in [4.69, 9.17) is 37.8 Å². The third-order valence-electron chi connectivity index (χ3n) is 4.13. The van der Waals surface area contributed by atoms with Gasteiger partial charge in [0.25, 0.3) is 0 Å². The van der Waals surface area contributed by atoms with Gasteiger partial charge in [0.1, 0.15) is 22.1 Å². The van der Waals surface area contributed by atoms with Gasteiger partial charge >= 0.3 is 0 Å². The smallest absolute Gasteiger partial charge is 0.239 e. The maximum atomic E-state index is 11.8. The number of hydrogen-bond acceptors (Lipinski definition) is 6. The Hall–Kier alpha value is -1.56. The molecule has 3 rings (SSSR count). The van der Waals surface area contributed by atoms with Crippen molar-refractivity contribution in [3.05, 3.63) is 50.6 Å². The van der Waals surface area contributed by atoms with Gasteiger partial charge in [0.05, 0.1) is 30.0 Å². The molecule has 2 N–H and O–H groups in total. The molecule has 0 aliphatic rings. The first-order chi connectivity index (χ1) is 13.7. The number of benzene rings is 2. The number of rotatable bonds is 5. The number of primary sulfonamides is 1. The standard InChI is InChI=1S/C18H17Cl2N3O4S2.BrH/c1-23-14(10-4-5-11(19)17(6-10)29(21,24)25)9-28-18(23)22-13-7-12(20)15(26-2)8-16(13)27-3;/h4-9H,1-3H3,(H2,21,24,25);1H/b22-18+;. The van der Waals surface area contributed by atoms with Crippen molar-refractivity contribution in [2.45, 2.75) is 4.90 Å². The van der Waals surface area contributed by atoms with Crippen molar-refractivity contribution < 1.29 is 17.9 Å². The molecule has 0 aliphatic carbocycles. The second kappa shape index (κ2) is 9.71. The number of aromatic nitrogens is 1. The zero-order valence-corrected chi connectivity index (χ0v) is 20.9. The van der Waals surface area contributed by atoms with E-state index < -0.39 is 10.0 Å². The zero-order chi connectivity index (χ0) is 21.3. The summed E-state index contributed by atoms with van der Waals surface area (Å²) in [6.45, 7) is 0. The fourth-order valence-corrected chi connectivity index (χ4v) is 4.87. The molecule has 0 fully saturated rings. The molecule has 0 saturated carbocycles. The Bertz CT molecular complexity index is 1260. The monoisotopic (exact) mass is 553 g/mol. The third-order valence-corrected chi connectivity index (χ3v) is 6.73. The number of hydrogen-bond donors (Lipinski definition) is 1. The minimum absolute atomic E-state index is 0. The average Bonchev–Trinajstić information content (AvgIpc) is 3.02. The van der Waals surface area contributed by atoms with E-state index in [2.05, 4.69) is 4.99 Å². The van der Waals surface area contributed by atoms with Crippen molar-refractivity contribution in [1.29, 1.82) is 0 Å². The highest BCUT2D eigenvalue weighted by atomic mass is 79.9. The van der Waals surface area contributed by atoms with Gasteiger partial charge in [0, 0.05) is 24.1 Å². The molecular weight excluding hydrogens is 537 g/mol. The summed E-state index contributed by atoms with van der Waals surface area (Å²) in [6.07, 6.45) is 0. The van der Waals surface area contributed by atoms with Crippen molar-refractivity contribution in [3.8, 4) is 22.8 Å². The normalized spacial score (nSPS) is 11.9. The van der Waals surface area contributed by atoms with Crippen LogP contribution in [0.15, 0.2) is 45.6 Å². The largest absolute Gasteiger partial charge is 0.495 e. The number of nitrogens with two attached hydrogens (primary N) is 1. The number of sulfonamides is 1. The number of halogens is 3. The molecule has 30 heavy (non-hydrogen) atoms. The maximum absolute atomic E-state index is 11.8. The van der Waals surface area contributed by atoms with E-state index in [1.54, 1.807) is 18.2 Å². The van der Waals surface area contributed by atoms with Crippen LogP contribution in [0.25, 0.3) is 11.3 Å². The second-order valence-electron chi connectivity index (χ2n) is 5.92. The van der Waals surface area contributed by atoms with Crippen LogP contribution in [-0.2, 0) is 17.1 Å². The lowest BCUT2D eigenvalue weighted by atomic mass is 10.2. The summed E-state index contributed by atoms with van der Waals surface area (Å²) >= 11 is 13.6. The summed E-state index contributed by atoms with van der Waals surface area (Å²) in [6, 6.07) is 7.96. The Labute approximate surface area is 198 Å². The van der Waals surface area contributed by atoms with Gasteiger partial charge in [-0.1, -0.05) is 29.3 Å². The third kappa shape index (κ3) is 5.01. The zero-order valence-electron chi connectivity index (χ0n) is 16.0. The molecule has 7 nitrogen and oxygen atoms in total.